The molecule has 0 aromatic heterocycles. The lowest BCUT2D eigenvalue weighted by Gasteiger charge is -2.37. The molecule has 198 valence electrons. The van der Waals surface area contributed by atoms with E-state index in [0.29, 0.717) is 59.3 Å². The molecule has 0 radical (unpaired) electrons. The summed E-state index contributed by atoms with van der Waals surface area (Å²) in [4.78, 5) is 25.7. The number of allylic oxidation sites excluding steroid dienone is 3. The molecule has 1 aliphatic heterocycles. The van der Waals surface area contributed by atoms with Crippen molar-refractivity contribution in [3.63, 3.8) is 0 Å². The van der Waals surface area contributed by atoms with Crippen molar-refractivity contribution in [3.05, 3.63) is 70.8 Å². The number of amides is 1. The first-order valence-corrected chi connectivity index (χ1v) is 12.3. The van der Waals surface area contributed by atoms with Crippen molar-refractivity contribution in [3.8, 4) is 23.3 Å². The third-order valence-corrected chi connectivity index (χ3v) is 6.41. The van der Waals surface area contributed by atoms with Crippen LogP contribution in [0.3, 0.4) is 0 Å². The van der Waals surface area contributed by atoms with Crippen LogP contribution in [-0.4, -0.2) is 32.0 Å². The molecule has 2 aromatic rings. The van der Waals surface area contributed by atoms with Crippen LogP contribution in [0.15, 0.2) is 65.3 Å². The van der Waals surface area contributed by atoms with E-state index < -0.39 is 5.92 Å². The lowest BCUT2D eigenvalue weighted by atomic mass is 9.70. The minimum absolute atomic E-state index is 0.00441. The zero-order valence-corrected chi connectivity index (χ0v) is 21.9. The van der Waals surface area contributed by atoms with Crippen LogP contribution >= 0.6 is 0 Å². The minimum Gasteiger partial charge on any atom is -0.497 e. The topological polar surface area (TPSA) is 133 Å². The monoisotopic (exact) mass is 517 g/mol. The molecule has 9 heteroatoms. The molecule has 1 unspecified atom stereocenters. The second kappa shape index (κ2) is 10.9. The van der Waals surface area contributed by atoms with Crippen LogP contribution in [-0.2, 0) is 14.3 Å². The molecule has 1 atom stereocenters. The maximum Gasteiger partial charge on any atom is 0.262 e. The highest BCUT2D eigenvalue weighted by Gasteiger charge is 2.43. The van der Waals surface area contributed by atoms with E-state index in [2.05, 4.69) is 11.4 Å². The van der Waals surface area contributed by atoms with Crippen molar-refractivity contribution in [2.45, 2.75) is 39.5 Å². The van der Waals surface area contributed by atoms with Gasteiger partial charge in [0.1, 0.15) is 23.2 Å². The number of ether oxygens (including phenoxy) is 4. The van der Waals surface area contributed by atoms with E-state index in [4.69, 9.17) is 24.7 Å². The first-order valence-electron chi connectivity index (χ1n) is 12.3. The summed E-state index contributed by atoms with van der Waals surface area (Å²) in [6.07, 6.45) is 0.875. The first-order chi connectivity index (χ1) is 18.2. The average Bonchev–Trinajstić information content (AvgIpc) is 2.87. The van der Waals surface area contributed by atoms with Gasteiger partial charge >= 0.3 is 0 Å². The van der Waals surface area contributed by atoms with Crippen molar-refractivity contribution in [1.82, 2.24) is 0 Å². The number of nitriles is 1. The van der Waals surface area contributed by atoms with Gasteiger partial charge in [-0.1, -0.05) is 19.9 Å². The quantitative estimate of drug-likeness (QED) is 0.521. The van der Waals surface area contributed by atoms with Gasteiger partial charge in [-0.05, 0) is 54.3 Å². The van der Waals surface area contributed by atoms with Crippen LogP contribution in [0.1, 0.15) is 45.1 Å². The molecule has 3 N–H and O–H groups in total. The zero-order valence-electron chi connectivity index (χ0n) is 21.9. The van der Waals surface area contributed by atoms with E-state index in [1.54, 1.807) is 49.6 Å². The Morgan fingerprint density at radius 1 is 1.16 bits per heavy atom. The molecular formula is C29H31N3O6. The number of nitrogens with one attached hydrogen (secondary N) is 1. The molecule has 0 saturated heterocycles. The number of hydrogen-bond acceptors (Lipinski definition) is 8. The number of carbonyl (C=O) groups excluding carboxylic acids is 2. The summed E-state index contributed by atoms with van der Waals surface area (Å²) >= 11 is 0. The van der Waals surface area contributed by atoms with Crippen molar-refractivity contribution >= 4 is 17.4 Å². The molecule has 2 aromatic carbocycles. The molecule has 0 fully saturated rings. The fourth-order valence-corrected chi connectivity index (χ4v) is 4.72. The highest BCUT2D eigenvalue weighted by atomic mass is 16.5. The number of methoxy groups -OCH3 is 1. The molecule has 9 nitrogen and oxygen atoms in total. The van der Waals surface area contributed by atoms with Gasteiger partial charge in [0.25, 0.3) is 5.91 Å². The molecule has 0 bridgehead atoms. The summed E-state index contributed by atoms with van der Waals surface area (Å²) in [6.45, 7) is 5.92. The molecule has 0 saturated carbocycles. The summed E-state index contributed by atoms with van der Waals surface area (Å²) in [5, 5.41) is 12.7. The smallest absolute Gasteiger partial charge is 0.262 e. The van der Waals surface area contributed by atoms with Crippen molar-refractivity contribution in [2.75, 3.05) is 25.6 Å². The lowest BCUT2D eigenvalue weighted by Crippen LogP contribution is -2.33. The standard InChI is InChI=1S/C29H31N3O6/c1-5-36-23-12-17(6-11-22(23)37-16-25(34)32-18-7-9-19(35-4)10-8-18)26-20(15-30)28(31)38-24-14-29(2,3)13-21(33)27(24)26/h6-12,26H,5,13-14,16,31H2,1-4H3,(H,32,34). The third-order valence-electron chi connectivity index (χ3n) is 6.41. The maximum absolute atomic E-state index is 13.2. The Morgan fingerprint density at radius 2 is 1.89 bits per heavy atom. The molecule has 38 heavy (non-hydrogen) atoms. The number of ketones is 1. The highest BCUT2D eigenvalue weighted by Crippen LogP contribution is 2.48. The average molecular weight is 518 g/mol. The van der Waals surface area contributed by atoms with E-state index in [-0.39, 0.29) is 35.2 Å². The molecule has 1 aliphatic carbocycles. The number of carbonyl (C=O) groups is 2. The summed E-state index contributed by atoms with van der Waals surface area (Å²) in [6, 6.07) is 14.2. The fraction of sp³-hybridized carbons (Fsp3) is 0.345. The van der Waals surface area contributed by atoms with Crippen LogP contribution in [0.4, 0.5) is 5.69 Å². The summed E-state index contributed by atoms with van der Waals surface area (Å²) in [7, 11) is 1.57. The van der Waals surface area contributed by atoms with E-state index >= 15 is 0 Å². The van der Waals surface area contributed by atoms with Gasteiger partial charge in [-0.2, -0.15) is 5.26 Å². The predicted molar refractivity (Wildman–Crippen MR) is 140 cm³/mol. The second-order valence-electron chi connectivity index (χ2n) is 9.91. The van der Waals surface area contributed by atoms with Gasteiger partial charge in [0.2, 0.25) is 5.88 Å². The number of Topliss-reactive ketones (excluding diaryl/α,β-unsaturated/α-hetero) is 1. The highest BCUT2D eigenvalue weighted by molar-refractivity contribution is 6.00. The Bertz CT molecular complexity index is 1350. The predicted octanol–water partition coefficient (Wildman–Crippen LogP) is 4.56. The summed E-state index contributed by atoms with van der Waals surface area (Å²) < 4.78 is 22.5. The Balaban J connectivity index is 1.59. The van der Waals surface area contributed by atoms with E-state index in [1.165, 1.54) is 0 Å². The Morgan fingerprint density at radius 3 is 2.55 bits per heavy atom. The number of nitrogens with zero attached hydrogens (tertiary/aromatic N) is 1. The number of benzene rings is 2. The number of hydrogen-bond donors (Lipinski definition) is 2. The van der Waals surface area contributed by atoms with Gasteiger partial charge in [-0.25, -0.2) is 0 Å². The zero-order chi connectivity index (χ0) is 27.4. The molecule has 2 aliphatic rings. The lowest BCUT2D eigenvalue weighted by molar-refractivity contribution is -0.119. The van der Waals surface area contributed by atoms with Gasteiger partial charge in [-0.3, -0.25) is 9.59 Å². The van der Waals surface area contributed by atoms with E-state index in [1.807, 2.05) is 20.8 Å². The number of nitrogens with two attached hydrogens (primary N) is 1. The van der Waals surface area contributed by atoms with Crippen molar-refractivity contribution in [2.24, 2.45) is 11.1 Å². The molecule has 4 rings (SSSR count). The summed E-state index contributed by atoms with van der Waals surface area (Å²) in [5.74, 6) is 0.816. The van der Waals surface area contributed by atoms with Crippen LogP contribution in [0.5, 0.6) is 17.2 Å². The van der Waals surface area contributed by atoms with Crippen molar-refractivity contribution in [1.29, 1.82) is 5.26 Å². The second-order valence-corrected chi connectivity index (χ2v) is 9.91. The molecule has 1 amide bonds. The first kappa shape index (κ1) is 26.6. The summed E-state index contributed by atoms with van der Waals surface area (Å²) in [5.41, 5.74) is 7.73. The third kappa shape index (κ3) is 5.59. The largest absolute Gasteiger partial charge is 0.497 e. The minimum atomic E-state index is -0.682. The van der Waals surface area contributed by atoms with Gasteiger partial charge in [0, 0.05) is 24.1 Å². The molecular weight excluding hydrogens is 486 g/mol. The molecule has 1 heterocycles. The maximum atomic E-state index is 13.2. The number of rotatable bonds is 8. The van der Waals surface area contributed by atoms with Crippen LogP contribution in [0.25, 0.3) is 0 Å². The number of anilines is 1. The normalized spacial score (nSPS) is 18.2. The van der Waals surface area contributed by atoms with E-state index in [9.17, 15) is 14.9 Å². The SMILES string of the molecule is CCOc1cc(C2C(C#N)=C(N)OC3=C2C(=O)CC(C)(C)C3)ccc1OCC(=O)Nc1ccc(OC)cc1. The van der Waals surface area contributed by atoms with Gasteiger partial charge < -0.3 is 30.0 Å². The van der Waals surface area contributed by atoms with Crippen LogP contribution in [0.2, 0.25) is 0 Å². The molecule has 0 spiro atoms. The van der Waals surface area contributed by atoms with Gasteiger partial charge in [0.05, 0.1) is 19.6 Å². The van der Waals surface area contributed by atoms with Crippen molar-refractivity contribution < 1.29 is 28.5 Å². The van der Waals surface area contributed by atoms with Crippen LogP contribution < -0.4 is 25.3 Å². The van der Waals surface area contributed by atoms with Gasteiger partial charge in [-0.15, -0.1) is 0 Å². The Labute approximate surface area is 221 Å². The van der Waals surface area contributed by atoms with Gasteiger partial charge in [0.15, 0.2) is 23.9 Å². The fourth-order valence-electron chi connectivity index (χ4n) is 4.72. The van der Waals surface area contributed by atoms with E-state index in [0.717, 1.165) is 0 Å². The Kier molecular flexibility index (Phi) is 7.62. The van der Waals surface area contributed by atoms with Crippen LogP contribution in [0, 0.1) is 16.7 Å². The Hall–Kier alpha value is -4.45.